The molecule has 1 heterocycles. The predicted octanol–water partition coefficient (Wildman–Crippen LogP) is 2.79. The van der Waals surface area contributed by atoms with E-state index in [4.69, 9.17) is 9.15 Å². The first-order valence-electron chi connectivity index (χ1n) is 8.25. The largest absolute Gasteiger partial charge is 0.461 e. The number of rotatable bonds is 6. The molecule has 25 heavy (non-hydrogen) atoms. The Morgan fingerprint density at radius 3 is 2.60 bits per heavy atom. The zero-order valence-electron chi connectivity index (χ0n) is 15.0. The highest BCUT2D eigenvalue weighted by atomic mass is 16.5. The van der Waals surface area contributed by atoms with Crippen molar-refractivity contribution in [1.82, 2.24) is 5.32 Å². The molecule has 2 rings (SSSR count). The van der Waals surface area contributed by atoms with E-state index < -0.39 is 11.6 Å². The van der Waals surface area contributed by atoms with Crippen molar-refractivity contribution in [2.75, 3.05) is 6.54 Å². The lowest BCUT2D eigenvalue weighted by Crippen LogP contribution is -2.23. The Morgan fingerprint density at radius 1 is 1.24 bits per heavy atom. The van der Waals surface area contributed by atoms with Crippen molar-refractivity contribution in [3.63, 3.8) is 0 Å². The third-order valence-electron chi connectivity index (χ3n) is 3.93. The van der Waals surface area contributed by atoms with Gasteiger partial charge in [-0.1, -0.05) is 13.8 Å². The molecule has 1 N–H and O–H groups in total. The van der Waals surface area contributed by atoms with Gasteiger partial charge in [-0.3, -0.25) is 9.59 Å². The van der Waals surface area contributed by atoms with Crippen LogP contribution in [0, 0.1) is 6.92 Å². The molecular formula is C19H23NO5. The highest BCUT2D eigenvalue weighted by Crippen LogP contribution is 2.27. The molecule has 1 aromatic carbocycles. The Labute approximate surface area is 146 Å². The number of nitrogens with one attached hydrogen (secondary N) is 1. The maximum Gasteiger partial charge on any atom is 0.336 e. The summed E-state index contributed by atoms with van der Waals surface area (Å²) >= 11 is 0. The highest BCUT2D eigenvalue weighted by molar-refractivity contribution is 5.82. The van der Waals surface area contributed by atoms with E-state index in [1.807, 2.05) is 19.1 Å². The van der Waals surface area contributed by atoms with Crippen molar-refractivity contribution in [3.05, 3.63) is 45.3 Å². The minimum Gasteiger partial charge on any atom is -0.461 e. The van der Waals surface area contributed by atoms with E-state index in [0.29, 0.717) is 17.1 Å². The Balaban J connectivity index is 2.22. The van der Waals surface area contributed by atoms with Gasteiger partial charge in [-0.25, -0.2) is 4.79 Å². The van der Waals surface area contributed by atoms with Crippen LogP contribution in [0.1, 0.15) is 49.8 Å². The Kier molecular flexibility index (Phi) is 5.96. The molecule has 1 aromatic heterocycles. The molecule has 0 aliphatic heterocycles. The van der Waals surface area contributed by atoms with E-state index in [1.165, 1.54) is 13.0 Å². The molecule has 6 heteroatoms. The molecule has 0 bridgehead atoms. The quantitative estimate of drug-likeness (QED) is 0.643. The monoisotopic (exact) mass is 345 g/mol. The van der Waals surface area contributed by atoms with Crippen molar-refractivity contribution in [1.29, 1.82) is 0 Å². The van der Waals surface area contributed by atoms with E-state index in [0.717, 1.165) is 16.5 Å². The van der Waals surface area contributed by atoms with Crippen molar-refractivity contribution in [2.24, 2.45) is 0 Å². The van der Waals surface area contributed by atoms with Gasteiger partial charge in [0.25, 0.3) is 0 Å². The molecule has 2 aromatic rings. The number of esters is 1. The van der Waals surface area contributed by atoms with Gasteiger partial charge in [-0.05, 0) is 36.1 Å². The van der Waals surface area contributed by atoms with Gasteiger partial charge in [0.2, 0.25) is 5.91 Å². The first-order chi connectivity index (χ1) is 11.8. The van der Waals surface area contributed by atoms with Gasteiger partial charge < -0.3 is 14.5 Å². The molecule has 0 atom stereocenters. The van der Waals surface area contributed by atoms with Gasteiger partial charge in [-0.2, -0.15) is 0 Å². The molecule has 0 saturated heterocycles. The normalized spacial score (nSPS) is 10.9. The molecule has 134 valence electrons. The lowest BCUT2D eigenvalue weighted by Gasteiger charge is -2.13. The number of aryl methyl sites for hydroxylation is 1. The fraction of sp³-hybridized carbons (Fsp3) is 0.421. The number of hydrogen-bond acceptors (Lipinski definition) is 5. The second-order valence-corrected chi connectivity index (χ2v) is 6.34. The number of hydrogen-bond donors (Lipinski definition) is 1. The Morgan fingerprint density at radius 2 is 1.96 bits per heavy atom. The van der Waals surface area contributed by atoms with Crippen LogP contribution in [0.15, 0.2) is 27.4 Å². The van der Waals surface area contributed by atoms with Gasteiger partial charge >= 0.3 is 11.6 Å². The fourth-order valence-electron chi connectivity index (χ4n) is 2.70. The molecule has 0 saturated carbocycles. The van der Waals surface area contributed by atoms with Crippen molar-refractivity contribution in [3.8, 4) is 0 Å². The molecule has 0 aliphatic rings. The maximum atomic E-state index is 11.8. The number of benzene rings is 1. The lowest BCUT2D eigenvalue weighted by molar-refractivity contribution is -0.144. The summed E-state index contributed by atoms with van der Waals surface area (Å²) in [5.74, 6) is -0.313. The molecule has 1 amide bonds. The molecule has 0 spiro atoms. The summed E-state index contributed by atoms with van der Waals surface area (Å²) in [4.78, 5) is 34.3. The second-order valence-electron chi connectivity index (χ2n) is 6.34. The van der Waals surface area contributed by atoms with Crippen LogP contribution < -0.4 is 10.9 Å². The number of carbonyl (C=O) groups excluding carboxylic acids is 2. The number of amides is 1. The first kappa shape index (κ1) is 18.7. The zero-order valence-corrected chi connectivity index (χ0v) is 15.0. The minimum absolute atomic E-state index is 0.0123. The molecule has 0 fully saturated rings. The van der Waals surface area contributed by atoms with E-state index in [2.05, 4.69) is 19.2 Å². The van der Waals surface area contributed by atoms with Crippen molar-refractivity contribution >= 4 is 22.8 Å². The van der Waals surface area contributed by atoms with Crippen LogP contribution in [0.3, 0.4) is 0 Å². The maximum absolute atomic E-state index is 11.8. The van der Waals surface area contributed by atoms with Gasteiger partial charge in [0.1, 0.15) is 12.2 Å². The summed E-state index contributed by atoms with van der Waals surface area (Å²) in [5, 5.41) is 3.30. The van der Waals surface area contributed by atoms with Gasteiger partial charge in [0.15, 0.2) is 0 Å². The number of fused-ring (bicyclic) bond motifs is 1. The van der Waals surface area contributed by atoms with Crippen molar-refractivity contribution in [2.45, 2.75) is 46.6 Å². The average molecular weight is 345 g/mol. The average Bonchev–Trinajstić information content (AvgIpc) is 2.51. The van der Waals surface area contributed by atoms with E-state index in [-0.39, 0.29) is 25.5 Å². The molecular weight excluding hydrogens is 322 g/mol. The number of carbonyl (C=O) groups is 2. The van der Waals surface area contributed by atoms with Gasteiger partial charge in [0.05, 0.1) is 6.42 Å². The van der Waals surface area contributed by atoms with E-state index in [1.54, 1.807) is 0 Å². The van der Waals surface area contributed by atoms with E-state index >= 15 is 0 Å². The van der Waals surface area contributed by atoms with Crippen LogP contribution in [0.25, 0.3) is 11.0 Å². The topological polar surface area (TPSA) is 85.6 Å². The third-order valence-corrected chi connectivity index (χ3v) is 3.93. The van der Waals surface area contributed by atoms with Crippen LogP contribution in [0.4, 0.5) is 0 Å². The van der Waals surface area contributed by atoms with Crippen LogP contribution in [-0.2, 0) is 20.9 Å². The van der Waals surface area contributed by atoms with Crippen LogP contribution in [0.2, 0.25) is 0 Å². The summed E-state index contributed by atoms with van der Waals surface area (Å²) in [5.41, 5.74) is 2.82. The summed E-state index contributed by atoms with van der Waals surface area (Å²) in [6.07, 6.45) is 0.0787. The van der Waals surface area contributed by atoms with Crippen LogP contribution in [0.5, 0.6) is 0 Å². The minimum atomic E-state index is -0.478. The van der Waals surface area contributed by atoms with Crippen molar-refractivity contribution < 1.29 is 18.7 Å². The summed E-state index contributed by atoms with van der Waals surface area (Å²) < 4.78 is 10.5. The predicted molar refractivity (Wildman–Crippen MR) is 94.4 cm³/mol. The molecule has 6 nitrogen and oxygen atoms in total. The smallest absolute Gasteiger partial charge is 0.336 e. The summed E-state index contributed by atoms with van der Waals surface area (Å²) in [7, 11) is 0. The van der Waals surface area contributed by atoms with Gasteiger partial charge in [0, 0.05) is 30.5 Å². The number of ether oxygens (including phenoxy) is 1. The summed E-state index contributed by atoms with van der Waals surface area (Å²) in [6.45, 7) is 7.76. The second kappa shape index (κ2) is 7.96. The molecule has 0 aliphatic carbocycles. The van der Waals surface area contributed by atoms with Crippen LogP contribution in [-0.4, -0.2) is 18.4 Å². The Hall–Kier alpha value is -2.63. The third kappa shape index (κ3) is 4.92. The lowest BCUT2D eigenvalue weighted by atomic mass is 9.95. The molecule has 0 radical (unpaired) electrons. The SMILES string of the molecule is CC(=O)NCCC(=O)OCc1cc(=O)oc2cc(C)c(C(C)C)cc12. The van der Waals surface area contributed by atoms with Crippen LogP contribution >= 0.6 is 0 Å². The summed E-state index contributed by atoms with van der Waals surface area (Å²) in [6, 6.07) is 5.18. The fourth-order valence-corrected chi connectivity index (χ4v) is 2.70. The standard InChI is InChI=1S/C19H23NO5/c1-11(2)15-9-16-14(8-19(23)25-17(16)7-12(15)3)10-24-18(22)5-6-20-13(4)21/h7-9,11H,5-6,10H2,1-4H3,(H,20,21). The zero-order chi connectivity index (χ0) is 18.6. The highest BCUT2D eigenvalue weighted by Gasteiger charge is 2.13. The van der Waals surface area contributed by atoms with Gasteiger partial charge in [-0.15, -0.1) is 0 Å². The van der Waals surface area contributed by atoms with E-state index in [9.17, 15) is 14.4 Å². The molecule has 0 unspecified atom stereocenters. The first-order valence-corrected chi connectivity index (χ1v) is 8.25. The Bertz CT molecular complexity index is 851.